The van der Waals surface area contributed by atoms with Crippen LogP contribution in [0.5, 0.6) is 0 Å². The summed E-state index contributed by atoms with van der Waals surface area (Å²) >= 11 is 0. The topological polar surface area (TPSA) is 82.3 Å². The van der Waals surface area contributed by atoms with E-state index in [0.29, 0.717) is 5.92 Å². The number of rotatable bonds is 7. The van der Waals surface area contributed by atoms with Gasteiger partial charge in [0.25, 0.3) is 0 Å². The Morgan fingerprint density at radius 3 is 2.73 bits per heavy atom. The summed E-state index contributed by atoms with van der Waals surface area (Å²) in [5.41, 5.74) is 8.85. The molecule has 0 spiro atoms. The molecule has 0 radical (unpaired) electrons. The number of aromatic nitrogens is 5. The summed E-state index contributed by atoms with van der Waals surface area (Å²) in [4.78, 5) is 12.4. The lowest BCUT2D eigenvalue weighted by Crippen LogP contribution is -2.21. The second-order valence-corrected chi connectivity index (χ2v) is 10.9. The number of aromatic amines is 2. The lowest BCUT2D eigenvalue weighted by molar-refractivity contribution is 0.627. The van der Waals surface area contributed by atoms with E-state index in [1.165, 1.54) is 37.8 Å². The van der Waals surface area contributed by atoms with Gasteiger partial charge in [-0.05, 0) is 91.8 Å². The van der Waals surface area contributed by atoms with Gasteiger partial charge in [0.2, 0.25) is 0 Å². The molecule has 0 unspecified atom stereocenters. The second-order valence-electron chi connectivity index (χ2n) is 10.9. The lowest BCUT2D eigenvalue weighted by atomic mass is 10.0. The zero-order valence-corrected chi connectivity index (χ0v) is 23.4. The van der Waals surface area contributed by atoms with Crippen molar-refractivity contribution < 1.29 is 4.39 Å². The molecule has 0 saturated heterocycles. The molecule has 6 nitrogen and oxygen atoms in total. The fraction of sp³-hybridized carbons (Fsp3) is 0.206. The van der Waals surface area contributed by atoms with E-state index < -0.39 is 0 Å². The predicted octanol–water partition coefficient (Wildman–Crippen LogP) is 6.87. The Morgan fingerprint density at radius 2 is 1.93 bits per heavy atom. The van der Waals surface area contributed by atoms with Crippen LogP contribution in [0, 0.1) is 18.7 Å². The van der Waals surface area contributed by atoms with E-state index in [-0.39, 0.29) is 5.82 Å². The van der Waals surface area contributed by atoms with Crippen LogP contribution in [-0.2, 0) is 0 Å². The Bertz CT molecular complexity index is 1880. The van der Waals surface area contributed by atoms with Gasteiger partial charge in [-0.1, -0.05) is 32.1 Å². The summed E-state index contributed by atoms with van der Waals surface area (Å²) in [6, 6.07) is 11.0. The third-order valence-electron chi connectivity index (χ3n) is 7.86. The molecule has 1 aromatic carbocycles. The maximum absolute atomic E-state index is 14.1. The first-order valence-corrected chi connectivity index (χ1v) is 13.9. The van der Waals surface area contributed by atoms with Crippen molar-refractivity contribution in [2.75, 3.05) is 5.32 Å². The summed E-state index contributed by atoms with van der Waals surface area (Å²) in [5.74, 6) is 0.262. The van der Waals surface area contributed by atoms with Crippen molar-refractivity contribution in [1.29, 1.82) is 0 Å². The second kappa shape index (κ2) is 11.0. The molecule has 0 atom stereocenters. The molecule has 41 heavy (non-hydrogen) atoms. The van der Waals surface area contributed by atoms with Gasteiger partial charge in [0.1, 0.15) is 11.5 Å². The normalized spacial score (nSPS) is 14.7. The Balaban J connectivity index is 1.27. The maximum Gasteiger partial charge on any atom is 0.124 e. The van der Waals surface area contributed by atoms with Gasteiger partial charge in [-0.3, -0.25) is 15.1 Å². The fourth-order valence-electron chi connectivity index (χ4n) is 5.61. The van der Waals surface area contributed by atoms with Gasteiger partial charge in [-0.2, -0.15) is 5.10 Å². The first-order chi connectivity index (χ1) is 19.9. The van der Waals surface area contributed by atoms with Crippen molar-refractivity contribution in [1.82, 2.24) is 25.1 Å². The summed E-state index contributed by atoms with van der Waals surface area (Å²) in [6.07, 6.45) is 14.4. The van der Waals surface area contributed by atoms with Crippen molar-refractivity contribution in [3.8, 4) is 22.6 Å². The monoisotopic (exact) mass is 544 g/mol. The third-order valence-corrected chi connectivity index (χ3v) is 7.86. The number of anilines is 1. The van der Waals surface area contributed by atoms with E-state index in [1.54, 1.807) is 6.20 Å². The number of nitrogens with one attached hydrogen (secondary N) is 3. The number of fused-ring (bicyclic) bond motifs is 1. The van der Waals surface area contributed by atoms with E-state index >= 15 is 0 Å². The minimum absolute atomic E-state index is 0.279. The van der Waals surface area contributed by atoms with Crippen LogP contribution in [-0.4, -0.2) is 25.1 Å². The van der Waals surface area contributed by atoms with Crippen molar-refractivity contribution in [2.45, 2.75) is 39.5 Å². The number of hydrogen-bond donors (Lipinski definition) is 3. The van der Waals surface area contributed by atoms with Crippen molar-refractivity contribution in [2.24, 2.45) is 5.92 Å². The van der Waals surface area contributed by atoms with E-state index in [9.17, 15) is 4.39 Å². The molecule has 6 rings (SSSR count). The number of H-pyrrole nitrogens is 2. The molecule has 5 aromatic rings. The molecule has 1 aliphatic rings. The van der Waals surface area contributed by atoms with Gasteiger partial charge in [-0.15, -0.1) is 0 Å². The Hall–Kier alpha value is -4.78. The molecule has 3 N–H and O–H groups in total. The Labute approximate surface area is 238 Å². The van der Waals surface area contributed by atoms with Crippen LogP contribution >= 0.6 is 0 Å². The van der Waals surface area contributed by atoms with Crippen molar-refractivity contribution in [3.63, 3.8) is 0 Å². The van der Waals surface area contributed by atoms with Crippen LogP contribution in [0.4, 0.5) is 10.1 Å². The Kier molecular flexibility index (Phi) is 7.10. The Morgan fingerprint density at radius 1 is 1.10 bits per heavy atom. The van der Waals surface area contributed by atoms with Crippen LogP contribution in [0.15, 0.2) is 73.3 Å². The van der Waals surface area contributed by atoms with Gasteiger partial charge in [0.05, 0.1) is 28.6 Å². The predicted molar refractivity (Wildman–Crippen MR) is 166 cm³/mol. The van der Waals surface area contributed by atoms with E-state index in [4.69, 9.17) is 0 Å². The largest absolute Gasteiger partial charge is 0.358 e. The molecule has 0 amide bonds. The molecule has 1 fully saturated rings. The number of benzene rings is 1. The highest BCUT2D eigenvalue weighted by Crippen LogP contribution is 2.32. The number of hydrogen-bond acceptors (Lipinski definition) is 4. The summed E-state index contributed by atoms with van der Waals surface area (Å²) < 4.78 is 14.1. The molecule has 0 bridgehead atoms. The number of halogens is 1. The van der Waals surface area contributed by atoms with Gasteiger partial charge < -0.3 is 10.3 Å². The van der Waals surface area contributed by atoms with E-state index in [0.717, 1.165) is 72.2 Å². The van der Waals surface area contributed by atoms with Gasteiger partial charge >= 0.3 is 0 Å². The zero-order valence-electron chi connectivity index (χ0n) is 23.4. The molecule has 0 aliphatic heterocycles. The first kappa shape index (κ1) is 26.4. The van der Waals surface area contributed by atoms with Crippen LogP contribution in [0.2, 0.25) is 0 Å². The summed E-state index contributed by atoms with van der Waals surface area (Å²) in [6.45, 7) is 12.5. The molecule has 4 aromatic heterocycles. The minimum Gasteiger partial charge on any atom is -0.358 e. The van der Waals surface area contributed by atoms with E-state index in [2.05, 4.69) is 56.6 Å². The van der Waals surface area contributed by atoms with Gasteiger partial charge in [-0.25, -0.2) is 4.39 Å². The average Bonchev–Trinajstić information content (AvgIpc) is 3.71. The van der Waals surface area contributed by atoms with Crippen LogP contribution < -0.4 is 15.9 Å². The standard InChI is InChI=1S/C34H33FN6/c1-20-13-25(15-27(35)14-20)34-29-17-32(39-31(29)11-12-37-34)33-22(3)30(40-41-33)10-9-21(2)26-16-28(19-36-18-26)38-23(4)24-7-5-6-8-24/h9-19,24,38-40H,3-8H2,1-2H3/b21-9+,30-10+. The molecular weight excluding hydrogens is 511 g/mol. The zero-order chi connectivity index (χ0) is 28.5. The molecule has 7 heteroatoms. The highest BCUT2D eigenvalue weighted by atomic mass is 19.1. The minimum atomic E-state index is -0.279. The first-order valence-electron chi connectivity index (χ1n) is 13.9. The van der Waals surface area contributed by atoms with Crippen molar-refractivity contribution >= 4 is 34.8 Å². The highest BCUT2D eigenvalue weighted by Gasteiger charge is 2.18. The molecule has 206 valence electrons. The molecule has 1 aliphatic carbocycles. The van der Waals surface area contributed by atoms with Crippen LogP contribution in [0.25, 0.3) is 51.8 Å². The lowest BCUT2D eigenvalue weighted by Gasteiger charge is -2.16. The fourth-order valence-corrected chi connectivity index (χ4v) is 5.61. The van der Waals surface area contributed by atoms with Crippen LogP contribution in [0.3, 0.4) is 0 Å². The number of aryl methyl sites for hydroxylation is 1. The summed E-state index contributed by atoms with van der Waals surface area (Å²) in [7, 11) is 0. The highest BCUT2D eigenvalue weighted by molar-refractivity contribution is 5.96. The van der Waals surface area contributed by atoms with Gasteiger partial charge in [0.15, 0.2) is 0 Å². The average molecular weight is 545 g/mol. The molecule has 1 saturated carbocycles. The number of pyridine rings is 2. The summed E-state index contributed by atoms with van der Waals surface area (Å²) in [5, 5.41) is 13.6. The number of allylic oxidation sites excluding steroid dienone is 3. The number of nitrogens with zero attached hydrogens (tertiary/aromatic N) is 3. The molecule has 4 heterocycles. The van der Waals surface area contributed by atoms with E-state index in [1.807, 2.05) is 49.7 Å². The third kappa shape index (κ3) is 5.48. The smallest absolute Gasteiger partial charge is 0.124 e. The maximum atomic E-state index is 14.1. The van der Waals surface area contributed by atoms with Gasteiger partial charge in [0, 0.05) is 39.8 Å². The quantitative estimate of drug-likeness (QED) is 0.209. The van der Waals surface area contributed by atoms with Crippen LogP contribution in [0.1, 0.15) is 43.7 Å². The SMILES string of the molecule is C=C(Nc1cncc(/C(C)=C/C=c2/[nH]nc(-c3cc4c(-c5cc(C)cc(F)c5)nccc4[nH]3)c2=C)c1)C1CCCC1. The molecular formula is C34H33FN6. The van der Waals surface area contributed by atoms with Crippen molar-refractivity contribution in [3.05, 3.63) is 101 Å².